The lowest BCUT2D eigenvalue weighted by molar-refractivity contribution is -0.125. The number of amides is 3. The first kappa shape index (κ1) is 24.7. The fraction of sp³-hybridized carbons (Fsp3) is 0.200. The molecule has 0 radical (unpaired) electrons. The molecule has 3 rings (SSSR count). The molecule has 0 atom stereocenters. The zero-order valence-corrected chi connectivity index (χ0v) is 19.8. The maximum atomic E-state index is 12.1. The first-order valence-electron chi connectivity index (χ1n) is 10.7. The lowest BCUT2D eigenvalue weighted by atomic mass is 10.1. The summed E-state index contributed by atoms with van der Waals surface area (Å²) in [6, 6.07) is 18.9. The highest BCUT2D eigenvalue weighted by Crippen LogP contribution is 2.24. The molecule has 3 amide bonds. The smallest absolute Gasteiger partial charge is 0.264 e. The number of carbonyl (C=O) groups excluding carboxylic acids is 3. The second-order valence-electron chi connectivity index (χ2n) is 7.66. The molecule has 0 saturated heterocycles. The number of hydrogen-bond acceptors (Lipinski definition) is 5. The lowest BCUT2D eigenvalue weighted by Gasteiger charge is -2.12. The Hall–Kier alpha value is -3.98. The van der Waals surface area contributed by atoms with Gasteiger partial charge in [-0.1, -0.05) is 42.5 Å². The third-order valence-corrected chi connectivity index (χ3v) is 5.25. The molecule has 0 saturated carbocycles. The van der Waals surface area contributed by atoms with Crippen LogP contribution in [0.25, 0.3) is 10.8 Å². The molecule has 9 heteroatoms. The van der Waals surface area contributed by atoms with Gasteiger partial charge in [-0.15, -0.1) is 0 Å². The second-order valence-corrected chi connectivity index (χ2v) is 8.07. The van der Waals surface area contributed by atoms with E-state index < -0.39 is 11.8 Å². The van der Waals surface area contributed by atoms with Crippen LogP contribution < -0.4 is 26.2 Å². The number of hydrogen-bond donors (Lipinski definition) is 4. The fourth-order valence-electron chi connectivity index (χ4n) is 3.12. The summed E-state index contributed by atoms with van der Waals surface area (Å²) in [4.78, 5) is 36.1. The van der Waals surface area contributed by atoms with E-state index in [-0.39, 0.29) is 30.5 Å². The van der Waals surface area contributed by atoms with Gasteiger partial charge in [-0.25, -0.2) is 0 Å². The standard InChI is InChI=1S/C25H26N4O4S/c1-16-10-11-19(14-17(16)2)26-22(30)12-13-23(31)28-29-25(34)27-24(32)15-33-21-9-5-7-18-6-3-4-8-20(18)21/h3-11,14H,12-13,15H2,1-2H3,(H,26,30)(H,28,31)(H2,27,29,32,34). The number of nitrogens with one attached hydrogen (secondary N) is 4. The minimum Gasteiger partial charge on any atom is -0.483 e. The topological polar surface area (TPSA) is 109 Å². The van der Waals surface area contributed by atoms with Crippen molar-refractivity contribution in [1.82, 2.24) is 16.2 Å². The Bertz CT molecular complexity index is 1220. The Morgan fingerprint density at radius 1 is 0.824 bits per heavy atom. The number of ether oxygens (including phenoxy) is 1. The number of anilines is 1. The van der Waals surface area contributed by atoms with Crippen molar-refractivity contribution < 1.29 is 19.1 Å². The number of aryl methyl sites for hydroxylation is 2. The maximum absolute atomic E-state index is 12.1. The van der Waals surface area contributed by atoms with Gasteiger partial charge in [-0.05, 0) is 60.8 Å². The van der Waals surface area contributed by atoms with Gasteiger partial charge >= 0.3 is 0 Å². The minimum absolute atomic E-state index is 0.00156. The average molecular weight is 479 g/mol. The Labute approximate surface area is 203 Å². The monoisotopic (exact) mass is 478 g/mol. The van der Waals surface area contributed by atoms with Gasteiger partial charge in [0.15, 0.2) is 11.7 Å². The first-order chi connectivity index (χ1) is 16.3. The van der Waals surface area contributed by atoms with Crippen LogP contribution in [-0.4, -0.2) is 29.4 Å². The summed E-state index contributed by atoms with van der Waals surface area (Å²) < 4.78 is 5.60. The molecule has 8 nitrogen and oxygen atoms in total. The van der Waals surface area contributed by atoms with E-state index in [9.17, 15) is 14.4 Å². The van der Waals surface area contributed by atoms with Gasteiger partial charge < -0.3 is 10.1 Å². The molecule has 3 aromatic carbocycles. The zero-order chi connectivity index (χ0) is 24.5. The van der Waals surface area contributed by atoms with Gasteiger partial charge in [0.2, 0.25) is 11.8 Å². The van der Waals surface area contributed by atoms with Gasteiger partial charge in [0.1, 0.15) is 5.75 Å². The van der Waals surface area contributed by atoms with Crippen LogP contribution >= 0.6 is 12.2 Å². The molecule has 0 bridgehead atoms. The number of thiocarbonyl (C=S) groups is 1. The number of hydrazine groups is 1. The molecule has 34 heavy (non-hydrogen) atoms. The van der Waals surface area contributed by atoms with Crippen LogP contribution in [0.3, 0.4) is 0 Å². The van der Waals surface area contributed by atoms with Crippen molar-refractivity contribution in [2.75, 3.05) is 11.9 Å². The predicted octanol–water partition coefficient (Wildman–Crippen LogP) is 3.28. The number of carbonyl (C=O) groups is 3. The maximum Gasteiger partial charge on any atom is 0.264 e. The highest BCUT2D eigenvalue weighted by atomic mass is 32.1. The van der Waals surface area contributed by atoms with Crippen LogP contribution in [0, 0.1) is 13.8 Å². The molecule has 0 fully saturated rings. The van der Waals surface area contributed by atoms with Crippen LogP contribution in [0.1, 0.15) is 24.0 Å². The third kappa shape index (κ3) is 7.28. The van der Waals surface area contributed by atoms with Gasteiger partial charge in [0.05, 0.1) is 0 Å². The Balaban J connectivity index is 1.35. The summed E-state index contributed by atoms with van der Waals surface area (Å²) in [5.41, 5.74) is 7.68. The molecule has 0 unspecified atom stereocenters. The summed E-state index contributed by atoms with van der Waals surface area (Å²) in [5, 5.41) is 7.00. The molecule has 0 aliphatic heterocycles. The fourth-order valence-corrected chi connectivity index (χ4v) is 3.28. The number of rotatable bonds is 7. The van der Waals surface area contributed by atoms with E-state index in [0.29, 0.717) is 11.4 Å². The lowest BCUT2D eigenvalue weighted by Crippen LogP contribution is -2.49. The quantitative estimate of drug-likeness (QED) is 0.307. The Morgan fingerprint density at radius 3 is 2.35 bits per heavy atom. The molecule has 0 aromatic heterocycles. The van der Waals surface area contributed by atoms with Crippen molar-refractivity contribution in [2.24, 2.45) is 0 Å². The predicted molar refractivity (Wildman–Crippen MR) is 135 cm³/mol. The zero-order valence-electron chi connectivity index (χ0n) is 18.9. The van der Waals surface area contributed by atoms with Crippen LogP contribution in [0.4, 0.5) is 5.69 Å². The largest absolute Gasteiger partial charge is 0.483 e. The summed E-state index contributed by atoms with van der Waals surface area (Å²) in [7, 11) is 0. The summed E-state index contributed by atoms with van der Waals surface area (Å²) >= 11 is 5.01. The van der Waals surface area contributed by atoms with Crippen molar-refractivity contribution in [3.63, 3.8) is 0 Å². The van der Waals surface area contributed by atoms with Crippen molar-refractivity contribution in [3.8, 4) is 5.75 Å². The average Bonchev–Trinajstić information content (AvgIpc) is 2.82. The first-order valence-corrected chi connectivity index (χ1v) is 11.1. The molecule has 0 aliphatic rings. The van der Waals surface area contributed by atoms with Crippen LogP contribution in [-0.2, 0) is 14.4 Å². The van der Waals surface area contributed by atoms with Crippen LogP contribution in [0.5, 0.6) is 5.75 Å². The van der Waals surface area contributed by atoms with Gasteiger partial charge in [-0.3, -0.25) is 30.6 Å². The summed E-state index contributed by atoms with van der Waals surface area (Å²) in [6.45, 7) is 3.70. The van der Waals surface area contributed by atoms with Crippen molar-refractivity contribution in [2.45, 2.75) is 26.7 Å². The van der Waals surface area contributed by atoms with Crippen molar-refractivity contribution >= 4 is 51.5 Å². The third-order valence-electron chi connectivity index (χ3n) is 5.05. The molecule has 0 aliphatic carbocycles. The highest BCUT2D eigenvalue weighted by Gasteiger charge is 2.10. The Kier molecular flexibility index (Phi) is 8.53. The van der Waals surface area contributed by atoms with E-state index in [4.69, 9.17) is 17.0 Å². The van der Waals surface area contributed by atoms with Crippen LogP contribution in [0.15, 0.2) is 60.7 Å². The second kappa shape index (κ2) is 11.8. The molecule has 0 spiro atoms. The molecule has 176 valence electrons. The van der Waals surface area contributed by atoms with Gasteiger partial charge in [0.25, 0.3) is 5.91 Å². The normalized spacial score (nSPS) is 10.3. The molecule has 0 heterocycles. The summed E-state index contributed by atoms with van der Waals surface area (Å²) in [5.74, 6) is -0.620. The SMILES string of the molecule is Cc1ccc(NC(=O)CCC(=O)NNC(=S)NC(=O)COc2cccc3ccccc23)cc1C. The number of benzene rings is 3. The highest BCUT2D eigenvalue weighted by molar-refractivity contribution is 7.80. The van der Waals surface area contributed by atoms with Gasteiger partial charge in [-0.2, -0.15) is 0 Å². The van der Waals surface area contributed by atoms with E-state index in [2.05, 4.69) is 21.5 Å². The number of fused-ring (bicyclic) bond motifs is 1. The molecule has 4 N–H and O–H groups in total. The molecular formula is C25H26N4O4S. The minimum atomic E-state index is -0.479. The molecule has 3 aromatic rings. The van der Waals surface area contributed by atoms with Crippen molar-refractivity contribution in [1.29, 1.82) is 0 Å². The van der Waals surface area contributed by atoms with Crippen molar-refractivity contribution in [3.05, 3.63) is 71.8 Å². The van der Waals surface area contributed by atoms with E-state index >= 15 is 0 Å². The van der Waals surface area contributed by atoms with Gasteiger partial charge in [0, 0.05) is 23.9 Å². The van der Waals surface area contributed by atoms with E-state index in [1.807, 2.05) is 68.4 Å². The van der Waals surface area contributed by atoms with Crippen LogP contribution in [0.2, 0.25) is 0 Å². The van der Waals surface area contributed by atoms with E-state index in [1.165, 1.54) is 0 Å². The summed E-state index contributed by atoms with van der Waals surface area (Å²) in [6.07, 6.45) is -0.0527. The van der Waals surface area contributed by atoms with E-state index in [1.54, 1.807) is 6.07 Å². The Morgan fingerprint density at radius 2 is 1.56 bits per heavy atom. The van der Waals surface area contributed by atoms with E-state index in [0.717, 1.165) is 21.9 Å². The molecular weight excluding hydrogens is 452 g/mol.